The summed E-state index contributed by atoms with van der Waals surface area (Å²) in [5.41, 5.74) is 5.34. The minimum Gasteiger partial charge on any atom is -0.369 e. The highest BCUT2D eigenvalue weighted by Crippen LogP contribution is 2.31. The summed E-state index contributed by atoms with van der Waals surface area (Å²) in [6.07, 6.45) is 0.508. The van der Waals surface area contributed by atoms with Crippen molar-refractivity contribution in [1.82, 2.24) is 4.90 Å². The van der Waals surface area contributed by atoms with E-state index in [1.807, 2.05) is 30.3 Å². The molecule has 1 saturated heterocycles. The lowest BCUT2D eigenvalue weighted by Gasteiger charge is -2.20. The van der Waals surface area contributed by atoms with Crippen LogP contribution in [-0.4, -0.2) is 23.3 Å². The van der Waals surface area contributed by atoms with Crippen LogP contribution in [0.2, 0.25) is 0 Å². The van der Waals surface area contributed by atoms with Crippen molar-refractivity contribution < 1.29 is 9.59 Å². The summed E-state index contributed by atoms with van der Waals surface area (Å²) in [7, 11) is 0. The minimum absolute atomic E-state index is 0.158. The number of hydrogen-bond donors (Lipinski definition) is 1. The van der Waals surface area contributed by atoms with E-state index in [2.05, 4.69) is 0 Å². The number of nitrogens with two attached hydrogens (primary N) is 1. The van der Waals surface area contributed by atoms with Gasteiger partial charge in [-0.05, 0) is 18.9 Å². The van der Waals surface area contributed by atoms with E-state index in [9.17, 15) is 9.59 Å². The normalized spacial score (nSPS) is 24.1. The zero-order valence-electron chi connectivity index (χ0n) is 9.85. The van der Waals surface area contributed by atoms with Crippen LogP contribution in [0.1, 0.15) is 18.9 Å². The number of amides is 2. The van der Waals surface area contributed by atoms with Gasteiger partial charge in [-0.3, -0.25) is 9.59 Å². The summed E-state index contributed by atoms with van der Waals surface area (Å²) in [6.45, 7) is 2.76. The van der Waals surface area contributed by atoms with Crippen molar-refractivity contribution in [3.63, 3.8) is 0 Å². The first-order chi connectivity index (χ1) is 8.04. The molecular formula is C13H16N2O2. The fourth-order valence-corrected chi connectivity index (χ4v) is 2.10. The first-order valence-electron chi connectivity index (χ1n) is 5.67. The Morgan fingerprint density at radius 2 is 2.06 bits per heavy atom. The van der Waals surface area contributed by atoms with Gasteiger partial charge in [0.25, 0.3) is 0 Å². The highest BCUT2D eigenvalue weighted by atomic mass is 16.2. The second kappa shape index (κ2) is 4.20. The Morgan fingerprint density at radius 3 is 2.59 bits per heavy atom. The van der Waals surface area contributed by atoms with Crippen molar-refractivity contribution in [2.75, 3.05) is 6.54 Å². The Balaban J connectivity index is 2.11. The van der Waals surface area contributed by atoms with Crippen LogP contribution in [0.4, 0.5) is 0 Å². The molecule has 2 rings (SSSR count). The summed E-state index contributed by atoms with van der Waals surface area (Å²) < 4.78 is 0. The van der Waals surface area contributed by atoms with Crippen molar-refractivity contribution >= 4 is 11.8 Å². The van der Waals surface area contributed by atoms with Gasteiger partial charge in [0.1, 0.15) is 5.41 Å². The first-order valence-corrected chi connectivity index (χ1v) is 5.67. The van der Waals surface area contributed by atoms with Crippen LogP contribution in [0, 0.1) is 5.41 Å². The van der Waals surface area contributed by atoms with Crippen molar-refractivity contribution in [1.29, 1.82) is 0 Å². The van der Waals surface area contributed by atoms with Crippen molar-refractivity contribution in [3.05, 3.63) is 35.9 Å². The fourth-order valence-electron chi connectivity index (χ4n) is 2.10. The number of primary amides is 1. The van der Waals surface area contributed by atoms with Crippen LogP contribution in [-0.2, 0) is 16.1 Å². The van der Waals surface area contributed by atoms with Crippen molar-refractivity contribution in [3.8, 4) is 0 Å². The molecule has 0 aromatic heterocycles. The Kier molecular flexibility index (Phi) is 2.88. The van der Waals surface area contributed by atoms with Crippen LogP contribution in [0.15, 0.2) is 30.3 Å². The zero-order valence-corrected chi connectivity index (χ0v) is 9.85. The molecule has 1 aromatic carbocycles. The van der Waals surface area contributed by atoms with E-state index in [0.29, 0.717) is 19.5 Å². The molecule has 90 valence electrons. The van der Waals surface area contributed by atoms with Gasteiger partial charge in [-0.1, -0.05) is 30.3 Å². The summed E-state index contributed by atoms with van der Waals surface area (Å²) >= 11 is 0. The van der Waals surface area contributed by atoms with E-state index < -0.39 is 11.3 Å². The average Bonchev–Trinajstić information content (AvgIpc) is 2.60. The lowest BCUT2D eigenvalue weighted by Crippen LogP contribution is -2.41. The van der Waals surface area contributed by atoms with E-state index >= 15 is 0 Å². The maximum atomic E-state index is 12.1. The first kappa shape index (κ1) is 11.6. The minimum atomic E-state index is -1.02. The van der Waals surface area contributed by atoms with Crippen molar-refractivity contribution in [2.24, 2.45) is 11.1 Å². The smallest absolute Gasteiger partial charge is 0.238 e. The molecule has 1 unspecified atom stereocenters. The van der Waals surface area contributed by atoms with Crippen LogP contribution in [0.25, 0.3) is 0 Å². The van der Waals surface area contributed by atoms with Gasteiger partial charge < -0.3 is 10.6 Å². The van der Waals surface area contributed by atoms with Gasteiger partial charge >= 0.3 is 0 Å². The average molecular weight is 232 g/mol. The number of rotatable bonds is 3. The summed E-state index contributed by atoms with van der Waals surface area (Å²) in [5, 5.41) is 0. The molecule has 0 radical (unpaired) electrons. The summed E-state index contributed by atoms with van der Waals surface area (Å²) in [6, 6.07) is 9.73. The van der Waals surface area contributed by atoms with Gasteiger partial charge in [0.05, 0.1) is 0 Å². The molecule has 1 aliphatic heterocycles. The Labute approximate surface area is 100 Å². The molecule has 0 spiro atoms. The van der Waals surface area contributed by atoms with Crippen LogP contribution in [0.5, 0.6) is 0 Å². The van der Waals surface area contributed by atoms with Gasteiger partial charge in [-0.2, -0.15) is 0 Å². The molecule has 0 aliphatic carbocycles. The van der Waals surface area contributed by atoms with Gasteiger partial charge in [0, 0.05) is 13.1 Å². The van der Waals surface area contributed by atoms with Crippen LogP contribution >= 0.6 is 0 Å². The third-order valence-corrected chi connectivity index (χ3v) is 3.40. The molecule has 4 nitrogen and oxygen atoms in total. The fraction of sp³-hybridized carbons (Fsp3) is 0.385. The molecule has 0 saturated carbocycles. The van der Waals surface area contributed by atoms with E-state index in [0.717, 1.165) is 5.56 Å². The molecule has 2 N–H and O–H groups in total. The molecule has 4 heteroatoms. The van der Waals surface area contributed by atoms with E-state index in [1.54, 1.807) is 11.8 Å². The summed E-state index contributed by atoms with van der Waals surface area (Å²) in [5.74, 6) is -0.688. The molecule has 1 aromatic rings. The van der Waals surface area contributed by atoms with Crippen LogP contribution in [0.3, 0.4) is 0 Å². The third kappa shape index (κ3) is 2.02. The third-order valence-electron chi connectivity index (χ3n) is 3.40. The molecule has 1 fully saturated rings. The zero-order chi connectivity index (χ0) is 12.5. The number of hydrogen-bond acceptors (Lipinski definition) is 2. The van der Waals surface area contributed by atoms with E-state index in [-0.39, 0.29) is 5.91 Å². The van der Waals surface area contributed by atoms with E-state index in [1.165, 1.54) is 0 Å². The maximum absolute atomic E-state index is 12.1. The lowest BCUT2D eigenvalue weighted by molar-refractivity contribution is -0.143. The number of benzene rings is 1. The molecule has 1 aliphatic rings. The van der Waals surface area contributed by atoms with Crippen LogP contribution < -0.4 is 5.73 Å². The number of likely N-dealkylation sites (tertiary alicyclic amines) is 1. The molecular weight excluding hydrogens is 216 g/mol. The standard InChI is InChI=1S/C13H16N2O2/c1-13(11(14)16)7-8-15(12(13)17)9-10-5-3-2-4-6-10/h2-6H,7-9H2,1H3,(H2,14,16). The maximum Gasteiger partial charge on any atom is 0.238 e. The molecule has 1 atom stereocenters. The molecule has 2 amide bonds. The van der Waals surface area contributed by atoms with Gasteiger partial charge in [0.15, 0.2) is 0 Å². The molecule has 17 heavy (non-hydrogen) atoms. The number of carbonyl (C=O) groups is 2. The SMILES string of the molecule is CC1(C(N)=O)CCN(Cc2ccccc2)C1=O. The Bertz CT molecular complexity index is 444. The monoisotopic (exact) mass is 232 g/mol. The van der Waals surface area contributed by atoms with Gasteiger partial charge in [0.2, 0.25) is 11.8 Å². The van der Waals surface area contributed by atoms with Crippen molar-refractivity contribution in [2.45, 2.75) is 19.9 Å². The predicted octanol–water partition coefficient (Wildman–Crippen LogP) is 0.910. The Morgan fingerprint density at radius 1 is 1.41 bits per heavy atom. The van der Waals surface area contributed by atoms with Gasteiger partial charge in [-0.15, -0.1) is 0 Å². The molecule has 1 heterocycles. The van der Waals surface area contributed by atoms with Gasteiger partial charge in [-0.25, -0.2) is 0 Å². The topological polar surface area (TPSA) is 63.4 Å². The molecule has 0 bridgehead atoms. The highest BCUT2D eigenvalue weighted by Gasteiger charge is 2.47. The van der Waals surface area contributed by atoms with E-state index in [4.69, 9.17) is 5.73 Å². The number of carbonyl (C=O) groups excluding carboxylic acids is 2. The lowest BCUT2D eigenvalue weighted by atomic mass is 9.88. The second-order valence-corrected chi connectivity index (χ2v) is 4.66. The Hall–Kier alpha value is -1.84. The number of nitrogens with zero attached hydrogens (tertiary/aromatic N) is 1. The quantitative estimate of drug-likeness (QED) is 0.787. The highest BCUT2D eigenvalue weighted by molar-refractivity contribution is 6.05. The second-order valence-electron chi connectivity index (χ2n) is 4.66. The summed E-state index contributed by atoms with van der Waals surface area (Å²) in [4.78, 5) is 25.1. The largest absolute Gasteiger partial charge is 0.369 e. The predicted molar refractivity (Wildman–Crippen MR) is 63.8 cm³/mol.